The number of aromatic nitrogens is 5. The number of carbonyl (C=O) groups excluding carboxylic acids is 1. The van der Waals surface area contributed by atoms with Crippen molar-refractivity contribution in [2.24, 2.45) is 0 Å². The van der Waals surface area contributed by atoms with E-state index >= 15 is 0 Å². The van der Waals surface area contributed by atoms with Crippen molar-refractivity contribution in [3.05, 3.63) is 30.4 Å². The number of hydrogen-bond donors (Lipinski definition) is 0. The third-order valence-corrected chi connectivity index (χ3v) is 6.39. The van der Waals surface area contributed by atoms with Crippen molar-refractivity contribution in [3.63, 3.8) is 0 Å². The minimum atomic E-state index is 0.122. The lowest BCUT2D eigenvalue weighted by Crippen LogP contribution is -2.32. The lowest BCUT2D eigenvalue weighted by atomic mass is 10.2. The normalized spacial score (nSPS) is 13.6. The number of hydrogen-bond acceptors (Lipinski definition) is 9. The summed E-state index contributed by atoms with van der Waals surface area (Å²) in [5, 5.41) is 13.2. The van der Waals surface area contributed by atoms with E-state index in [2.05, 4.69) is 25.3 Å². The van der Waals surface area contributed by atoms with E-state index in [1.54, 1.807) is 24.2 Å². The van der Waals surface area contributed by atoms with Crippen molar-refractivity contribution in [1.29, 1.82) is 0 Å². The summed E-state index contributed by atoms with van der Waals surface area (Å²) >= 11 is 3.13. The predicted octanol–water partition coefficient (Wildman–Crippen LogP) is 3.61. The van der Waals surface area contributed by atoms with Crippen LogP contribution < -0.4 is 4.90 Å². The van der Waals surface area contributed by atoms with Gasteiger partial charge >= 0.3 is 0 Å². The van der Waals surface area contributed by atoms with Gasteiger partial charge in [-0.1, -0.05) is 35.2 Å². The summed E-state index contributed by atoms with van der Waals surface area (Å²) < 4.78 is 6.20. The predicted molar refractivity (Wildman–Crippen MR) is 107 cm³/mol. The first-order chi connectivity index (χ1) is 13.7. The van der Waals surface area contributed by atoms with Gasteiger partial charge < -0.3 is 4.52 Å². The highest BCUT2D eigenvalue weighted by molar-refractivity contribution is 8.01. The Kier molecular flexibility index (Phi) is 5.96. The van der Waals surface area contributed by atoms with Crippen LogP contribution in [0.25, 0.3) is 11.4 Å². The van der Waals surface area contributed by atoms with Crippen LogP contribution >= 0.6 is 23.1 Å². The van der Waals surface area contributed by atoms with Gasteiger partial charge in [-0.05, 0) is 31.4 Å². The lowest BCUT2D eigenvalue weighted by Gasteiger charge is -2.17. The molecule has 3 heterocycles. The Bertz CT molecular complexity index is 925. The van der Waals surface area contributed by atoms with E-state index in [1.807, 2.05) is 24.0 Å². The Morgan fingerprint density at radius 2 is 2.14 bits per heavy atom. The first kappa shape index (κ1) is 19.0. The summed E-state index contributed by atoms with van der Waals surface area (Å²) in [6.45, 7) is 1.88. The molecule has 3 aromatic heterocycles. The van der Waals surface area contributed by atoms with Gasteiger partial charge in [-0.2, -0.15) is 4.98 Å². The summed E-state index contributed by atoms with van der Waals surface area (Å²) in [6, 6.07) is 4.02. The third-order valence-electron chi connectivity index (χ3n) is 4.25. The molecule has 4 rings (SSSR count). The minimum absolute atomic E-state index is 0.122. The van der Waals surface area contributed by atoms with Crippen LogP contribution in [0.3, 0.4) is 0 Å². The van der Waals surface area contributed by atoms with Crippen LogP contribution in [0.5, 0.6) is 0 Å². The van der Waals surface area contributed by atoms with Gasteiger partial charge in [0, 0.05) is 42.6 Å². The Labute approximate surface area is 170 Å². The molecule has 0 N–H and O–H groups in total. The van der Waals surface area contributed by atoms with E-state index in [0.717, 1.165) is 40.0 Å². The van der Waals surface area contributed by atoms with Crippen molar-refractivity contribution in [2.75, 3.05) is 10.7 Å². The quantitative estimate of drug-likeness (QED) is 0.296. The van der Waals surface area contributed by atoms with Crippen LogP contribution in [0.2, 0.25) is 0 Å². The van der Waals surface area contributed by atoms with Crippen LogP contribution in [-0.2, 0) is 11.2 Å². The number of aryl methyl sites for hydroxylation is 1. The molecule has 1 amide bonds. The Morgan fingerprint density at radius 3 is 2.89 bits per heavy atom. The molecule has 1 saturated carbocycles. The van der Waals surface area contributed by atoms with Crippen molar-refractivity contribution >= 4 is 34.1 Å². The van der Waals surface area contributed by atoms with Crippen LogP contribution in [0.15, 0.2) is 33.4 Å². The number of anilines is 1. The maximum atomic E-state index is 12.2. The molecule has 10 heteroatoms. The number of nitrogens with zero attached hydrogens (tertiary/aromatic N) is 6. The number of pyridine rings is 1. The van der Waals surface area contributed by atoms with E-state index < -0.39 is 0 Å². The smallest absolute Gasteiger partial charge is 0.228 e. The molecule has 0 aliphatic heterocycles. The number of rotatable bonds is 9. The zero-order valence-electron chi connectivity index (χ0n) is 15.4. The van der Waals surface area contributed by atoms with Gasteiger partial charge in [-0.25, -0.2) is 0 Å². The van der Waals surface area contributed by atoms with Crippen LogP contribution in [0.1, 0.15) is 38.5 Å². The first-order valence-corrected chi connectivity index (χ1v) is 11.1. The molecule has 0 unspecified atom stereocenters. The summed E-state index contributed by atoms with van der Waals surface area (Å²) in [5.74, 6) is 2.20. The average molecular weight is 417 g/mol. The highest BCUT2D eigenvalue weighted by atomic mass is 32.2. The Balaban J connectivity index is 1.26. The van der Waals surface area contributed by atoms with Gasteiger partial charge in [-0.15, -0.1) is 10.2 Å². The van der Waals surface area contributed by atoms with Crippen molar-refractivity contribution in [3.8, 4) is 11.4 Å². The van der Waals surface area contributed by atoms with Gasteiger partial charge in [0.05, 0.1) is 0 Å². The van der Waals surface area contributed by atoms with E-state index in [4.69, 9.17) is 4.52 Å². The molecule has 0 atom stereocenters. The fourth-order valence-electron chi connectivity index (χ4n) is 2.69. The molecule has 0 saturated heterocycles. The fraction of sp³-hybridized carbons (Fsp3) is 0.444. The lowest BCUT2D eigenvalue weighted by molar-refractivity contribution is -0.118. The second kappa shape index (κ2) is 8.78. The molecule has 0 aromatic carbocycles. The SMILES string of the molecule is CCC(=O)N(c1nnc(SCCCc2nc(-c3ccncc3)no2)s1)C1CC1. The summed E-state index contributed by atoms with van der Waals surface area (Å²) in [6.07, 6.45) is 7.60. The summed E-state index contributed by atoms with van der Waals surface area (Å²) in [4.78, 5) is 22.4. The van der Waals surface area contributed by atoms with Crippen LogP contribution in [0.4, 0.5) is 5.13 Å². The van der Waals surface area contributed by atoms with Gasteiger partial charge in [0.2, 0.25) is 22.8 Å². The monoisotopic (exact) mass is 416 g/mol. The molecular formula is C18H20N6O2S2. The van der Waals surface area contributed by atoms with Gasteiger partial charge in [0.15, 0.2) is 4.34 Å². The van der Waals surface area contributed by atoms with Crippen molar-refractivity contribution in [1.82, 2.24) is 25.3 Å². The molecular weight excluding hydrogens is 396 g/mol. The number of thioether (sulfide) groups is 1. The molecule has 0 bridgehead atoms. The van der Waals surface area contributed by atoms with Gasteiger partial charge in [0.25, 0.3) is 0 Å². The summed E-state index contributed by atoms with van der Waals surface area (Å²) in [5.41, 5.74) is 0.891. The highest BCUT2D eigenvalue weighted by Crippen LogP contribution is 2.36. The van der Waals surface area contributed by atoms with Crippen LogP contribution in [0, 0.1) is 0 Å². The molecule has 146 valence electrons. The molecule has 0 radical (unpaired) electrons. The van der Waals surface area contributed by atoms with Crippen LogP contribution in [-0.4, -0.2) is 43.0 Å². The topological polar surface area (TPSA) is 97.9 Å². The minimum Gasteiger partial charge on any atom is -0.339 e. The maximum absolute atomic E-state index is 12.2. The number of carbonyl (C=O) groups is 1. The Hall–Kier alpha value is -2.33. The fourth-order valence-corrected chi connectivity index (χ4v) is 4.63. The average Bonchev–Trinajstić information content (AvgIpc) is 3.26. The highest BCUT2D eigenvalue weighted by Gasteiger charge is 2.35. The second-order valence-electron chi connectivity index (χ2n) is 6.40. The second-order valence-corrected chi connectivity index (χ2v) is 8.70. The molecule has 1 aliphatic carbocycles. The standard InChI is InChI=1S/C18H20N6O2S2/c1-2-15(25)24(13-5-6-13)17-21-22-18(28-17)27-11-3-4-14-20-16(23-26-14)12-7-9-19-10-8-12/h7-10,13H,2-6,11H2,1H3. The molecule has 3 aromatic rings. The third kappa shape index (κ3) is 4.56. The largest absolute Gasteiger partial charge is 0.339 e. The maximum Gasteiger partial charge on any atom is 0.228 e. The molecule has 1 aliphatic rings. The molecule has 1 fully saturated rings. The van der Waals surface area contributed by atoms with Gasteiger partial charge in [-0.3, -0.25) is 14.7 Å². The van der Waals surface area contributed by atoms with E-state index in [0.29, 0.717) is 30.6 Å². The molecule has 0 spiro atoms. The van der Waals surface area contributed by atoms with Crippen molar-refractivity contribution in [2.45, 2.75) is 49.4 Å². The molecule has 28 heavy (non-hydrogen) atoms. The molecule has 8 nitrogen and oxygen atoms in total. The first-order valence-electron chi connectivity index (χ1n) is 9.26. The Morgan fingerprint density at radius 1 is 1.32 bits per heavy atom. The zero-order chi connectivity index (χ0) is 19.3. The van der Waals surface area contributed by atoms with Gasteiger partial charge in [0.1, 0.15) is 0 Å². The van der Waals surface area contributed by atoms with E-state index in [9.17, 15) is 4.79 Å². The van der Waals surface area contributed by atoms with E-state index in [-0.39, 0.29) is 5.91 Å². The van der Waals surface area contributed by atoms with Crippen molar-refractivity contribution < 1.29 is 9.32 Å². The zero-order valence-corrected chi connectivity index (χ0v) is 17.1. The summed E-state index contributed by atoms with van der Waals surface area (Å²) in [7, 11) is 0. The number of amides is 1. The van der Waals surface area contributed by atoms with E-state index in [1.165, 1.54) is 11.3 Å².